The van der Waals surface area contributed by atoms with Gasteiger partial charge in [-0.1, -0.05) is 0 Å². The molecule has 0 bridgehead atoms. The van der Waals surface area contributed by atoms with Gasteiger partial charge in [-0.3, -0.25) is 4.79 Å². The number of aromatic amines is 3. The first-order chi connectivity index (χ1) is 9.08. The first-order valence-electron chi connectivity index (χ1n) is 5.96. The van der Waals surface area contributed by atoms with Crippen molar-refractivity contribution in [3.05, 3.63) is 38.6 Å². The van der Waals surface area contributed by atoms with E-state index in [4.69, 9.17) is 12.2 Å². The molecule has 0 aromatic carbocycles. The average molecular weight is 343 g/mol. The van der Waals surface area contributed by atoms with Crippen LogP contribution in [0.3, 0.4) is 0 Å². The molecule has 0 aliphatic carbocycles. The predicted molar refractivity (Wildman–Crippen MR) is 79.9 cm³/mol. The maximum atomic E-state index is 11.9. The molecule has 7 heteroatoms. The molecule has 2 rings (SSSR count). The molecule has 0 aliphatic heterocycles. The number of nitrogens with one attached hydrogen (secondary N) is 4. The molecule has 0 saturated carbocycles. The lowest BCUT2D eigenvalue weighted by Gasteiger charge is -2.04. The number of carbonyl (C=O) groups is 1. The van der Waals surface area contributed by atoms with Crippen molar-refractivity contribution in [1.29, 1.82) is 0 Å². The zero-order valence-electron chi connectivity index (χ0n) is 10.5. The van der Waals surface area contributed by atoms with E-state index >= 15 is 0 Å². The number of aryl methyl sites for hydroxylation is 1. The Morgan fingerprint density at radius 1 is 1.42 bits per heavy atom. The van der Waals surface area contributed by atoms with E-state index in [1.54, 1.807) is 6.20 Å². The molecule has 2 aromatic rings. The van der Waals surface area contributed by atoms with Crippen molar-refractivity contribution >= 4 is 34.1 Å². The number of imidazole rings is 1. The van der Waals surface area contributed by atoms with Crippen LogP contribution in [0.4, 0.5) is 0 Å². The van der Waals surface area contributed by atoms with Gasteiger partial charge in [-0.2, -0.15) is 0 Å². The summed E-state index contributed by atoms with van der Waals surface area (Å²) in [7, 11) is 0. The molecule has 0 spiro atoms. The molecule has 0 aliphatic rings. The van der Waals surface area contributed by atoms with Crippen LogP contribution in [0.2, 0.25) is 0 Å². The van der Waals surface area contributed by atoms with Gasteiger partial charge >= 0.3 is 0 Å². The quantitative estimate of drug-likeness (QED) is 0.498. The first-order valence-corrected chi connectivity index (χ1v) is 7.16. The van der Waals surface area contributed by atoms with E-state index in [1.807, 2.05) is 13.1 Å². The van der Waals surface area contributed by atoms with Crippen molar-refractivity contribution in [2.24, 2.45) is 0 Å². The zero-order chi connectivity index (χ0) is 13.8. The minimum atomic E-state index is -0.0785. The lowest BCUT2D eigenvalue weighted by atomic mass is 10.2. The molecule has 4 N–H and O–H groups in total. The zero-order valence-corrected chi connectivity index (χ0v) is 12.9. The molecule has 0 fully saturated rings. The minimum Gasteiger partial charge on any atom is -0.356 e. The summed E-state index contributed by atoms with van der Waals surface area (Å²) in [6.07, 6.45) is 5.33. The molecule has 0 atom stereocenters. The highest BCUT2D eigenvalue weighted by Crippen LogP contribution is 2.18. The normalized spacial score (nSPS) is 10.6. The Kier molecular flexibility index (Phi) is 4.60. The molecular formula is C12H15BrN4OS. The van der Waals surface area contributed by atoms with Gasteiger partial charge < -0.3 is 20.3 Å². The Hall–Kier alpha value is -1.34. The van der Waals surface area contributed by atoms with Crippen molar-refractivity contribution in [3.63, 3.8) is 0 Å². The highest BCUT2D eigenvalue weighted by atomic mass is 79.9. The third kappa shape index (κ3) is 3.57. The van der Waals surface area contributed by atoms with Crippen LogP contribution in [0.15, 0.2) is 16.9 Å². The second-order valence-electron chi connectivity index (χ2n) is 4.26. The summed E-state index contributed by atoms with van der Waals surface area (Å²) in [4.78, 5) is 20.8. The number of hydrogen-bond donors (Lipinski definition) is 4. The van der Waals surface area contributed by atoms with Gasteiger partial charge in [-0.15, -0.1) is 0 Å². The topological polar surface area (TPSA) is 76.5 Å². The molecule has 19 heavy (non-hydrogen) atoms. The van der Waals surface area contributed by atoms with Gasteiger partial charge in [0.2, 0.25) is 0 Å². The fourth-order valence-electron chi connectivity index (χ4n) is 1.78. The summed E-state index contributed by atoms with van der Waals surface area (Å²) in [6.45, 7) is 2.52. The fraction of sp³-hybridized carbons (Fsp3) is 0.333. The Morgan fingerprint density at radius 3 is 2.79 bits per heavy atom. The Balaban J connectivity index is 1.78. The fourth-order valence-corrected chi connectivity index (χ4v) is 2.28. The molecule has 2 aromatic heterocycles. The van der Waals surface area contributed by atoms with Crippen LogP contribution < -0.4 is 5.32 Å². The van der Waals surface area contributed by atoms with Crippen LogP contribution in [0.25, 0.3) is 0 Å². The highest BCUT2D eigenvalue weighted by Gasteiger charge is 2.12. The van der Waals surface area contributed by atoms with Crippen LogP contribution in [0.1, 0.15) is 28.2 Å². The van der Waals surface area contributed by atoms with Crippen LogP contribution in [-0.4, -0.2) is 27.4 Å². The predicted octanol–water partition coefficient (Wildman–Crippen LogP) is 2.83. The molecule has 0 saturated heterocycles. The highest BCUT2D eigenvalue weighted by molar-refractivity contribution is 9.10. The summed E-state index contributed by atoms with van der Waals surface area (Å²) in [5.74, 6) is -0.0785. The van der Waals surface area contributed by atoms with Gasteiger partial charge in [0, 0.05) is 29.1 Å². The molecule has 1 amide bonds. The van der Waals surface area contributed by atoms with E-state index in [0.717, 1.165) is 28.6 Å². The molecule has 5 nitrogen and oxygen atoms in total. The van der Waals surface area contributed by atoms with Crippen molar-refractivity contribution in [2.45, 2.75) is 19.8 Å². The smallest absolute Gasteiger partial charge is 0.268 e. The van der Waals surface area contributed by atoms with Gasteiger partial charge in [0.25, 0.3) is 5.91 Å². The molecule has 2 heterocycles. The van der Waals surface area contributed by atoms with Gasteiger partial charge in [0.15, 0.2) is 4.77 Å². The number of aromatic nitrogens is 3. The van der Waals surface area contributed by atoms with Crippen molar-refractivity contribution in [3.8, 4) is 0 Å². The van der Waals surface area contributed by atoms with Gasteiger partial charge in [-0.05, 0) is 53.5 Å². The van der Waals surface area contributed by atoms with Crippen LogP contribution in [-0.2, 0) is 6.42 Å². The van der Waals surface area contributed by atoms with E-state index in [1.165, 1.54) is 0 Å². The van der Waals surface area contributed by atoms with Crippen molar-refractivity contribution < 1.29 is 4.79 Å². The monoisotopic (exact) mass is 342 g/mol. The number of H-pyrrole nitrogens is 3. The number of halogens is 1. The van der Waals surface area contributed by atoms with E-state index in [9.17, 15) is 4.79 Å². The van der Waals surface area contributed by atoms with Crippen molar-refractivity contribution in [2.75, 3.05) is 6.54 Å². The minimum absolute atomic E-state index is 0.0785. The van der Waals surface area contributed by atoms with E-state index in [2.05, 4.69) is 36.2 Å². The number of rotatable bonds is 5. The van der Waals surface area contributed by atoms with E-state index in [-0.39, 0.29) is 5.91 Å². The van der Waals surface area contributed by atoms with E-state index in [0.29, 0.717) is 17.0 Å². The molecule has 0 unspecified atom stereocenters. The summed E-state index contributed by atoms with van der Waals surface area (Å²) in [5.41, 5.74) is 2.58. The lowest BCUT2D eigenvalue weighted by molar-refractivity contribution is 0.0948. The van der Waals surface area contributed by atoms with Crippen LogP contribution in [0, 0.1) is 11.7 Å². The summed E-state index contributed by atoms with van der Waals surface area (Å²) >= 11 is 8.31. The summed E-state index contributed by atoms with van der Waals surface area (Å²) in [6, 6.07) is 0. The summed E-state index contributed by atoms with van der Waals surface area (Å²) < 4.78 is 1.54. The summed E-state index contributed by atoms with van der Waals surface area (Å²) in [5, 5.41) is 2.89. The number of amides is 1. The number of carbonyl (C=O) groups excluding carboxylic acids is 1. The van der Waals surface area contributed by atoms with E-state index < -0.39 is 0 Å². The lowest BCUT2D eigenvalue weighted by Crippen LogP contribution is -2.25. The largest absolute Gasteiger partial charge is 0.356 e. The third-order valence-electron chi connectivity index (χ3n) is 2.86. The second-order valence-corrected chi connectivity index (χ2v) is 5.53. The average Bonchev–Trinajstić information content (AvgIpc) is 2.93. The Bertz CT molecular complexity index is 628. The SMILES string of the molecule is Cc1c(Br)c[nH]c1C(=O)NCCCc1c[nH]c(=S)[nH]1. The Morgan fingerprint density at radius 2 is 2.21 bits per heavy atom. The van der Waals surface area contributed by atoms with Crippen molar-refractivity contribution in [1.82, 2.24) is 20.3 Å². The van der Waals surface area contributed by atoms with Gasteiger partial charge in [-0.25, -0.2) is 0 Å². The molecular weight excluding hydrogens is 328 g/mol. The van der Waals surface area contributed by atoms with Crippen LogP contribution >= 0.6 is 28.1 Å². The van der Waals surface area contributed by atoms with Gasteiger partial charge in [0.05, 0.1) is 0 Å². The Labute approximate surface area is 124 Å². The van der Waals surface area contributed by atoms with Crippen LogP contribution in [0.5, 0.6) is 0 Å². The first kappa shape index (κ1) is 14.1. The van der Waals surface area contributed by atoms with Gasteiger partial charge in [0.1, 0.15) is 5.69 Å². The third-order valence-corrected chi connectivity index (χ3v) is 3.91. The molecule has 102 valence electrons. The molecule has 0 radical (unpaired) electrons. The standard InChI is InChI=1S/C12H15BrN4OS/c1-7-9(13)6-15-10(7)11(18)14-4-2-3-8-5-16-12(19)17-8/h5-6,15H,2-4H2,1H3,(H,14,18)(H2,16,17,19). The second kappa shape index (κ2) is 6.21. The maximum Gasteiger partial charge on any atom is 0.268 e. The number of hydrogen-bond acceptors (Lipinski definition) is 2. The maximum absolute atomic E-state index is 11.9.